The van der Waals surface area contributed by atoms with E-state index in [0.717, 1.165) is 41.8 Å². The quantitative estimate of drug-likeness (QED) is 0.703. The van der Waals surface area contributed by atoms with Crippen molar-refractivity contribution in [1.29, 1.82) is 0 Å². The number of anilines is 1. The van der Waals surface area contributed by atoms with E-state index in [0.29, 0.717) is 18.1 Å². The number of halogens is 1. The summed E-state index contributed by atoms with van der Waals surface area (Å²) in [4.78, 5) is 26.3. The van der Waals surface area contributed by atoms with Crippen LogP contribution in [0.3, 0.4) is 0 Å². The molecule has 0 radical (unpaired) electrons. The molecule has 5 nitrogen and oxygen atoms in total. The number of allylic oxidation sites excluding steroid dienone is 1. The highest BCUT2D eigenvalue weighted by Crippen LogP contribution is 2.24. The number of benzene rings is 2. The number of primary amides is 1. The first-order chi connectivity index (χ1) is 13.9. The van der Waals surface area contributed by atoms with E-state index in [1.54, 1.807) is 12.1 Å². The van der Waals surface area contributed by atoms with Gasteiger partial charge in [0.15, 0.2) is 0 Å². The number of hydrogen-bond acceptors (Lipinski definition) is 3. The molecule has 1 saturated heterocycles. The topological polar surface area (TPSA) is 75.4 Å². The average Bonchev–Trinajstić information content (AvgIpc) is 2.70. The van der Waals surface area contributed by atoms with Crippen molar-refractivity contribution in [3.8, 4) is 0 Å². The van der Waals surface area contributed by atoms with Gasteiger partial charge in [-0.3, -0.25) is 14.5 Å². The van der Waals surface area contributed by atoms with Gasteiger partial charge < -0.3 is 11.1 Å². The summed E-state index contributed by atoms with van der Waals surface area (Å²) in [7, 11) is 0. The fourth-order valence-electron chi connectivity index (χ4n) is 3.68. The van der Waals surface area contributed by atoms with Gasteiger partial charge in [0.1, 0.15) is 0 Å². The van der Waals surface area contributed by atoms with Gasteiger partial charge in [-0.2, -0.15) is 0 Å². The van der Waals surface area contributed by atoms with Crippen LogP contribution in [0.2, 0.25) is 5.02 Å². The monoisotopic (exact) mass is 411 g/mol. The number of carbonyl (C=O) groups excluding carboxylic acids is 2. The molecule has 0 saturated carbocycles. The minimum absolute atomic E-state index is 0.105. The fourth-order valence-corrected chi connectivity index (χ4v) is 3.96. The fraction of sp³-hybridized carbons (Fsp3) is 0.304. The van der Waals surface area contributed by atoms with Crippen molar-refractivity contribution >= 4 is 34.7 Å². The van der Waals surface area contributed by atoms with Crippen LogP contribution >= 0.6 is 11.6 Å². The van der Waals surface area contributed by atoms with Gasteiger partial charge in [0.25, 0.3) is 0 Å². The number of nitrogens with zero attached hydrogens (tertiary/aromatic N) is 1. The first kappa shape index (κ1) is 21.1. The molecule has 1 unspecified atom stereocenters. The summed E-state index contributed by atoms with van der Waals surface area (Å²) in [6, 6.07) is 15.2. The first-order valence-electron chi connectivity index (χ1n) is 9.78. The third kappa shape index (κ3) is 5.68. The molecule has 152 valence electrons. The number of piperidine rings is 1. The lowest BCUT2D eigenvalue weighted by molar-refractivity contribution is -0.123. The molecule has 0 spiro atoms. The molecule has 1 heterocycles. The molecule has 1 aliphatic heterocycles. The van der Waals surface area contributed by atoms with E-state index in [2.05, 4.69) is 10.2 Å². The zero-order valence-corrected chi connectivity index (χ0v) is 17.3. The summed E-state index contributed by atoms with van der Waals surface area (Å²) in [5.41, 5.74) is 8.89. The minimum Gasteiger partial charge on any atom is -0.369 e. The predicted molar refractivity (Wildman–Crippen MR) is 117 cm³/mol. The number of rotatable bonds is 6. The first-order valence-corrected chi connectivity index (χ1v) is 10.2. The van der Waals surface area contributed by atoms with Crippen molar-refractivity contribution in [3.63, 3.8) is 0 Å². The largest absolute Gasteiger partial charge is 0.369 e. The smallest absolute Gasteiger partial charge is 0.248 e. The van der Waals surface area contributed by atoms with Gasteiger partial charge in [-0.25, -0.2) is 0 Å². The second kappa shape index (κ2) is 9.72. The van der Waals surface area contributed by atoms with Crippen LogP contribution in [0.15, 0.2) is 54.6 Å². The van der Waals surface area contributed by atoms with Crippen molar-refractivity contribution in [2.45, 2.75) is 26.3 Å². The number of para-hydroxylation sites is 1. The Morgan fingerprint density at radius 3 is 2.69 bits per heavy atom. The second-order valence-corrected chi connectivity index (χ2v) is 7.84. The second-order valence-electron chi connectivity index (χ2n) is 7.43. The molecular formula is C23H26ClN3O2. The van der Waals surface area contributed by atoms with Crippen LogP contribution in [0, 0.1) is 5.92 Å². The zero-order valence-electron chi connectivity index (χ0n) is 16.5. The van der Waals surface area contributed by atoms with E-state index < -0.39 is 0 Å². The summed E-state index contributed by atoms with van der Waals surface area (Å²) in [6.45, 7) is 4.10. The zero-order chi connectivity index (χ0) is 20.8. The van der Waals surface area contributed by atoms with Gasteiger partial charge in [0, 0.05) is 29.9 Å². The summed E-state index contributed by atoms with van der Waals surface area (Å²) < 4.78 is 0. The molecule has 0 aliphatic carbocycles. The number of carbonyl (C=O) groups is 2. The van der Waals surface area contributed by atoms with Gasteiger partial charge in [0.05, 0.1) is 5.92 Å². The standard InChI is InChI=1S/C23H26ClN3O2/c1-16(19-9-3-4-10-20(19)24)13-22(28)26-21-11-5-2-7-17(21)14-27-12-6-8-18(15-27)23(25)29/h2-5,7,9-11,13,18H,6,8,12,14-15H2,1H3,(H2,25,29)(H,26,28)/b16-13-. The molecule has 0 aromatic heterocycles. The Morgan fingerprint density at radius 1 is 1.21 bits per heavy atom. The van der Waals surface area contributed by atoms with Crippen LogP contribution in [-0.4, -0.2) is 29.8 Å². The maximum Gasteiger partial charge on any atom is 0.248 e. The summed E-state index contributed by atoms with van der Waals surface area (Å²) in [5, 5.41) is 3.59. The lowest BCUT2D eigenvalue weighted by Gasteiger charge is -2.31. The van der Waals surface area contributed by atoms with E-state index in [1.807, 2.05) is 49.4 Å². The Hall–Kier alpha value is -2.63. The Morgan fingerprint density at radius 2 is 1.93 bits per heavy atom. The average molecular weight is 412 g/mol. The van der Waals surface area contributed by atoms with Gasteiger partial charge >= 0.3 is 0 Å². The number of likely N-dealkylation sites (tertiary alicyclic amines) is 1. The van der Waals surface area contributed by atoms with Gasteiger partial charge in [-0.15, -0.1) is 0 Å². The number of nitrogens with one attached hydrogen (secondary N) is 1. The van der Waals surface area contributed by atoms with E-state index in [-0.39, 0.29) is 17.7 Å². The highest BCUT2D eigenvalue weighted by Gasteiger charge is 2.24. The molecule has 2 aromatic rings. The number of hydrogen-bond donors (Lipinski definition) is 2. The van der Waals surface area contributed by atoms with Crippen molar-refractivity contribution in [3.05, 3.63) is 70.8 Å². The molecule has 1 atom stereocenters. The van der Waals surface area contributed by atoms with Crippen LogP contribution in [0.5, 0.6) is 0 Å². The molecule has 2 amide bonds. The summed E-state index contributed by atoms with van der Waals surface area (Å²) in [5.74, 6) is -0.549. The normalized spacial score (nSPS) is 17.7. The SMILES string of the molecule is C/C(=C/C(=O)Nc1ccccc1CN1CCCC(C(N)=O)C1)c1ccccc1Cl. The van der Waals surface area contributed by atoms with Crippen molar-refractivity contribution in [1.82, 2.24) is 4.90 Å². The molecule has 1 aliphatic rings. The van der Waals surface area contributed by atoms with E-state index in [1.165, 1.54) is 0 Å². The molecule has 6 heteroatoms. The van der Waals surface area contributed by atoms with E-state index in [9.17, 15) is 9.59 Å². The third-order valence-electron chi connectivity index (χ3n) is 5.22. The molecule has 3 rings (SSSR count). The van der Waals surface area contributed by atoms with Gasteiger partial charge in [-0.05, 0) is 55.1 Å². The summed E-state index contributed by atoms with van der Waals surface area (Å²) in [6.07, 6.45) is 3.35. The van der Waals surface area contributed by atoms with Crippen LogP contribution in [0.25, 0.3) is 5.57 Å². The van der Waals surface area contributed by atoms with Crippen LogP contribution in [0.1, 0.15) is 30.9 Å². The molecule has 0 bridgehead atoms. The van der Waals surface area contributed by atoms with E-state index in [4.69, 9.17) is 17.3 Å². The highest BCUT2D eigenvalue weighted by molar-refractivity contribution is 6.32. The Bertz CT molecular complexity index is 926. The Balaban J connectivity index is 1.70. The molecule has 3 N–H and O–H groups in total. The predicted octanol–water partition coefficient (Wildman–Crippen LogP) is 4.08. The van der Waals surface area contributed by atoms with Crippen LogP contribution in [0.4, 0.5) is 5.69 Å². The minimum atomic E-state index is -0.239. The van der Waals surface area contributed by atoms with Crippen molar-refractivity contribution in [2.75, 3.05) is 18.4 Å². The lowest BCUT2D eigenvalue weighted by atomic mass is 9.97. The maximum atomic E-state index is 12.6. The van der Waals surface area contributed by atoms with Crippen LogP contribution in [-0.2, 0) is 16.1 Å². The highest BCUT2D eigenvalue weighted by atomic mass is 35.5. The van der Waals surface area contributed by atoms with Crippen molar-refractivity contribution < 1.29 is 9.59 Å². The molecule has 29 heavy (non-hydrogen) atoms. The molecule has 2 aromatic carbocycles. The van der Waals surface area contributed by atoms with Crippen molar-refractivity contribution in [2.24, 2.45) is 11.7 Å². The Kier molecular flexibility index (Phi) is 7.07. The Labute approximate surface area is 176 Å². The summed E-state index contributed by atoms with van der Waals surface area (Å²) >= 11 is 6.22. The molecular weight excluding hydrogens is 386 g/mol. The number of nitrogens with two attached hydrogens (primary N) is 1. The van der Waals surface area contributed by atoms with Gasteiger partial charge in [-0.1, -0.05) is 48.0 Å². The third-order valence-corrected chi connectivity index (χ3v) is 5.55. The molecule has 1 fully saturated rings. The lowest BCUT2D eigenvalue weighted by Crippen LogP contribution is -2.40. The maximum absolute atomic E-state index is 12.6. The number of amides is 2. The van der Waals surface area contributed by atoms with Gasteiger partial charge in [0.2, 0.25) is 11.8 Å². The van der Waals surface area contributed by atoms with Crippen LogP contribution < -0.4 is 11.1 Å². The van der Waals surface area contributed by atoms with E-state index >= 15 is 0 Å².